The smallest absolute Gasteiger partial charge is 0.337 e. The number of primary amides is 1. The summed E-state index contributed by atoms with van der Waals surface area (Å²) >= 11 is 0. The van der Waals surface area contributed by atoms with Crippen LogP contribution in [0.5, 0.6) is 0 Å². The summed E-state index contributed by atoms with van der Waals surface area (Å²) in [5.41, 5.74) is 5.70. The van der Waals surface area contributed by atoms with Crippen LogP contribution in [0.4, 0.5) is 21.5 Å². The number of nitrogens with two attached hydrogens (primary N) is 1. The molecule has 1 fully saturated rings. The molecule has 0 saturated heterocycles. The highest BCUT2D eigenvalue weighted by Crippen LogP contribution is 2.34. The van der Waals surface area contributed by atoms with E-state index in [9.17, 15) is 19.2 Å². The molecule has 0 aliphatic heterocycles. The second kappa shape index (κ2) is 11.2. The summed E-state index contributed by atoms with van der Waals surface area (Å²) in [6, 6.07) is 11.0. The van der Waals surface area contributed by atoms with E-state index in [1.807, 2.05) is 13.8 Å². The van der Waals surface area contributed by atoms with Gasteiger partial charge >= 0.3 is 5.69 Å². The van der Waals surface area contributed by atoms with Crippen LogP contribution in [-0.2, 0) is 11.8 Å². The molecule has 0 bridgehead atoms. The van der Waals surface area contributed by atoms with Crippen molar-refractivity contribution >= 4 is 34.0 Å². The van der Waals surface area contributed by atoms with Gasteiger partial charge in [0.15, 0.2) is 0 Å². The van der Waals surface area contributed by atoms with E-state index in [1.54, 1.807) is 44.2 Å². The lowest BCUT2D eigenvalue weighted by Crippen LogP contribution is -2.42. The van der Waals surface area contributed by atoms with Crippen molar-refractivity contribution in [3.8, 4) is 5.69 Å². The summed E-state index contributed by atoms with van der Waals surface area (Å²) in [5, 5.41) is 6.16. The normalized spacial score (nSPS) is 12.6. The molecule has 2 aromatic carbocycles. The molecule has 2 aromatic heterocycles. The Bertz CT molecular complexity index is 1800. The van der Waals surface area contributed by atoms with Gasteiger partial charge < -0.3 is 16.4 Å². The molecule has 11 heteroatoms. The van der Waals surface area contributed by atoms with Crippen molar-refractivity contribution in [3.63, 3.8) is 0 Å². The molecule has 40 heavy (non-hydrogen) atoms. The molecular weight excluding hydrogens is 515 g/mol. The van der Waals surface area contributed by atoms with Crippen LogP contribution >= 0.6 is 0 Å². The number of halogens is 1. The van der Waals surface area contributed by atoms with Gasteiger partial charge in [-0.05, 0) is 62.6 Å². The van der Waals surface area contributed by atoms with Gasteiger partial charge in [0.25, 0.3) is 11.1 Å². The van der Waals surface area contributed by atoms with E-state index < -0.39 is 28.5 Å². The van der Waals surface area contributed by atoms with Crippen molar-refractivity contribution in [2.45, 2.75) is 46.6 Å². The lowest BCUT2D eigenvalue weighted by molar-refractivity contribution is -0.116. The number of amides is 1. The standard InChI is InChI=1S/C27H27FN6O4.C2H6/c1-14-7-10-20(19(28)11-14)34-24-22(26(37)33(27(34)38)18-8-9-18)23(15(2)25(36)32(24)3)31-17-6-4-5-16(12-17)30-13-21(29)35;1-2/h4-7,10-12,18,30-31H,8-9,13H2,1-3H3,(H2,29,35);1-2H3. The van der Waals surface area contributed by atoms with Crippen molar-refractivity contribution in [2.75, 3.05) is 17.2 Å². The van der Waals surface area contributed by atoms with Gasteiger partial charge in [-0.1, -0.05) is 26.0 Å². The Morgan fingerprint density at radius 1 is 1.02 bits per heavy atom. The van der Waals surface area contributed by atoms with Crippen LogP contribution < -0.4 is 33.2 Å². The molecule has 4 N–H and O–H groups in total. The molecule has 0 atom stereocenters. The average molecular weight is 549 g/mol. The van der Waals surface area contributed by atoms with Gasteiger partial charge in [-0.2, -0.15) is 0 Å². The Balaban J connectivity index is 0.00000181. The molecule has 0 unspecified atom stereocenters. The molecule has 5 rings (SSSR count). The van der Waals surface area contributed by atoms with E-state index in [0.29, 0.717) is 29.8 Å². The van der Waals surface area contributed by atoms with Crippen LogP contribution in [0.25, 0.3) is 16.7 Å². The van der Waals surface area contributed by atoms with Crippen LogP contribution in [-0.4, -0.2) is 26.2 Å². The zero-order valence-electron chi connectivity index (χ0n) is 23.2. The summed E-state index contributed by atoms with van der Waals surface area (Å²) in [4.78, 5) is 52.1. The maximum absolute atomic E-state index is 15.2. The van der Waals surface area contributed by atoms with Crippen LogP contribution in [0.2, 0.25) is 0 Å². The number of hydrogen-bond donors (Lipinski definition) is 3. The number of hydrogen-bond acceptors (Lipinski definition) is 6. The van der Waals surface area contributed by atoms with Crippen LogP contribution in [0, 0.1) is 19.7 Å². The van der Waals surface area contributed by atoms with Crippen molar-refractivity contribution in [1.29, 1.82) is 0 Å². The maximum atomic E-state index is 15.2. The SMILES string of the molecule is CC.Cc1ccc(-n2c(=O)n(C3CC3)c(=O)c3c(Nc4cccc(NCC(N)=O)c4)c(C)c(=O)n(C)c32)c(F)c1. The number of nitrogens with one attached hydrogen (secondary N) is 2. The number of carbonyl (C=O) groups is 1. The van der Waals surface area contributed by atoms with Crippen molar-refractivity contribution in [3.05, 3.63) is 90.6 Å². The van der Waals surface area contributed by atoms with Crippen LogP contribution in [0.3, 0.4) is 0 Å². The minimum absolute atomic E-state index is 0.0132. The Labute approximate surface area is 229 Å². The largest absolute Gasteiger partial charge is 0.376 e. The average Bonchev–Trinajstić information content (AvgIpc) is 3.76. The molecule has 1 aliphatic rings. The minimum atomic E-state index is -0.699. The predicted molar refractivity (Wildman–Crippen MR) is 156 cm³/mol. The van der Waals surface area contributed by atoms with Gasteiger partial charge in [0.2, 0.25) is 5.91 Å². The highest BCUT2D eigenvalue weighted by Gasteiger charge is 2.32. The highest BCUT2D eigenvalue weighted by molar-refractivity contribution is 5.93. The molecule has 4 aromatic rings. The summed E-state index contributed by atoms with van der Waals surface area (Å²) < 4.78 is 18.7. The second-order valence-corrected chi connectivity index (χ2v) is 9.57. The number of nitrogens with zero attached hydrogens (tertiary/aromatic N) is 3. The lowest BCUT2D eigenvalue weighted by Gasteiger charge is -2.21. The number of fused-ring (bicyclic) bond motifs is 1. The topological polar surface area (TPSA) is 133 Å². The summed E-state index contributed by atoms with van der Waals surface area (Å²) in [6.07, 6.45) is 1.30. The van der Waals surface area contributed by atoms with E-state index in [4.69, 9.17) is 5.73 Å². The minimum Gasteiger partial charge on any atom is -0.376 e. The van der Waals surface area contributed by atoms with E-state index in [1.165, 1.54) is 23.7 Å². The van der Waals surface area contributed by atoms with E-state index in [-0.39, 0.29) is 40.6 Å². The number of aromatic nitrogens is 3. The summed E-state index contributed by atoms with van der Waals surface area (Å²) in [5.74, 6) is -1.18. The zero-order chi connectivity index (χ0) is 29.3. The molecule has 1 amide bonds. The number of aryl methyl sites for hydroxylation is 2. The third-order valence-electron chi connectivity index (χ3n) is 6.69. The molecule has 10 nitrogen and oxygen atoms in total. The first-order valence-electron chi connectivity index (χ1n) is 13.1. The highest BCUT2D eigenvalue weighted by atomic mass is 19.1. The lowest BCUT2D eigenvalue weighted by atomic mass is 10.1. The summed E-state index contributed by atoms with van der Waals surface area (Å²) in [7, 11) is 1.46. The first-order valence-corrected chi connectivity index (χ1v) is 13.1. The monoisotopic (exact) mass is 548 g/mol. The fourth-order valence-electron chi connectivity index (χ4n) is 4.65. The molecule has 0 spiro atoms. The Morgan fingerprint density at radius 2 is 1.70 bits per heavy atom. The van der Waals surface area contributed by atoms with Gasteiger partial charge in [0.1, 0.15) is 16.9 Å². The molecule has 0 radical (unpaired) electrons. The fourth-order valence-corrected chi connectivity index (χ4v) is 4.65. The van der Waals surface area contributed by atoms with Crippen molar-refractivity contribution < 1.29 is 9.18 Å². The van der Waals surface area contributed by atoms with Gasteiger partial charge in [-0.15, -0.1) is 0 Å². The number of rotatable bonds is 7. The van der Waals surface area contributed by atoms with E-state index in [0.717, 1.165) is 9.13 Å². The fraction of sp³-hybridized carbons (Fsp3) is 0.310. The third kappa shape index (κ3) is 5.14. The molecule has 210 valence electrons. The molecule has 2 heterocycles. The number of anilines is 3. The molecule has 1 aliphatic carbocycles. The Kier molecular flexibility index (Phi) is 7.94. The van der Waals surface area contributed by atoms with Gasteiger partial charge in [0.05, 0.1) is 17.9 Å². The predicted octanol–water partition coefficient (Wildman–Crippen LogP) is 3.61. The second-order valence-electron chi connectivity index (χ2n) is 9.57. The van der Waals surface area contributed by atoms with Crippen LogP contribution in [0.15, 0.2) is 56.8 Å². The number of pyridine rings is 1. The zero-order valence-corrected chi connectivity index (χ0v) is 23.2. The molecular formula is C29H33FN6O4. The number of carbonyl (C=O) groups excluding carboxylic acids is 1. The van der Waals surface area contributed by atoms with Crippen LogP contribution in [0.1, 0.15) is 43.9 Å². The first-order chi connectivity index (χ1) is 19.1. The van der Waals surface area contributed by atoms with Gasteiger partial charge in [-0.3, -0.25) is 23.5 Å². The quantitative estimate of drug-likeness (QED) is 0.323. The molecule has 1 saturated carbocycles. The Morgan fingerprint density at radius 3 is 2.33 bits per heavy atom. The van der Waals surface area contributed by atoms with Gasteiger partial charge in [0, 0.05) is 30.0 Å². The third-order valence-corrected chi connectivity index (χ3v) is 6.69. The van der Waals surface area contributed by atoms with E-state index in [2.05, 4.69) is 10.6 Å². The number of benzene rings is 2. The van der Waals surface area contributed by atoms with E-state index >= 15 is 4.39 Å². The first kappa shape index (κ1) is 28.3. The van der Waals surface area contributed by atoms with Crippen molar-refractivity contribution in [2.24, 2.45) is 12.8 Å². The summed E-state index contributed by atoms with van der Waals surface area (Å²) in [6.45, 7) is 7.24. The maximum Gasteiger partial charge on any atom is 0.337 e. The Hall–Kier alpha value is -4.67. The van der Waals surface area contributed by atoms with Crippen molar-refractivity contribution in [1.82, 2.24) is 13.7 Å². The van der Waals surface area contributed by atoms with Gasteiger partial charge in [-0.25, -0.2) is 13.8 Å².